The van der Waals surface area contributed by atoms with Crippen molar-refractivity contribution in [3.8, 4) is 0 Å². The number of aliphatic hydroxyl groups excluding tert-OH is 1. The molecule has 0 radical (unpaired) electrons. The maximum atomic E-state index is 12.8. The average molecular weight is 504 g/mol. The Labute approximate surface area is 210 Å². The van der Waals surface area contributed by atoms with E-state index in [0.29, 0.717) is 11.1 Å². The predicted molar refractivity (Wildman–Crippen MR) is 137 cm³/mol. The molecule has 0 spiro atoms. The Balaban J connectivity index is 1.57. The number of pyridine rings is 1. The average Bonchev–Trinajstić information content (AvgIpc) is 3.12. The molecular weight excluding hydrogens is 466 g/mol. The maximum Gasteiger partial charge on any atom is 0.407 e. The molecule has 1 aliphatic rings. The van der Waals surface area contributed by atoms with Gasteiger partial charge in [-0.1, -0.05) is 0 Å². The van der Waals surface area contributed by atoms with Gasteiger partial charge in [0.2, 0.25) is 0 Å². The minimum Gasteiger partial charge on any atom is -0.444 e. The maximum absolute atomic E-state index is 12.8. The first-order valence-corrected chi connectivity index (χ1v) is 13.0. The number of aliphatic hydroxyl groups is 1. The molecule has 8 nitrogen and oxygen atoms in total. The summed E-state index contributed by atoms with van der Waals surface area (Å²) < 4.78 is 5.34. The molecule has 1 saturated carbocycles. The van der Waals surface area contributed by atoms with Crippen molar-refractivity contribution in [2.24, 2.45) is 5.92 Å². The number of nitrogens with one attached hydrogen (secondary N) is 3. The van der Waals surface area contributed by atoms with Gasteiger partial charge in [0, 0.05) is 34.1 Å². The first-order valence-electron chi connectivity index (χ1n) is 12.1. The van der Waals surface area contributed by atoms with E-state index in [2.05, 4.69) is 15.6 Å². The highest BCUT2D eigenvalue weighted by Crippen LogP contribution is 2.39. The number of aromatic nitrogens is 1. The third-order valence-corrected chi connectivity index (χ3v) is 7.60. The molecule has 1 atom stereocenters. The largest absolute Gasteiger partial charge is 0.444 e. The van der Waals surface area contributed by atoms with Crippen molar-refractivity contribution in [1.82, 2.24) is 15.6 Å². The molecule has 2 heterocycles. The molecule has 9 heteroatoms. The minimum atomic E-state index is -0.661. The van der Waals surface area contributed by atoms with Gasteiger partial charge in [0.15, 0.2) is 0 Å². The number of hydrogen-bond acceptors (Lipinski definition) is 6. The van der Waals surface area contributed by atoms with Crippen molar-refractivity contribution in [2.75, 3.05) is 0 Å². The van der Waals surface area contributed by atoms with E-state index in [1.807, 2.05) is 47.6 Å². The summed E-state index contributed by atoms with van der Waals surface area (Å²) in [7, 11) is 0. The number of amides is 2. The van der Waals surface area contributed by atoms with Gasteiger partial charge >= 0.3 is 6.09 Å². The molecule has 2 aromatic heterocycles. The van der Waals surface area contributed by atoms with Crippen LogP contribution in [0.5, 0.6) is 0 Å². The van der Waals surface area contributed by atoms with Gasteiger partial charge in [-0.15, -0.1) is 11.3 Å². The number of thiophene rings is 1. The van der Waals surface area contributed by atoms with Crippen LogP contribution in [0.25, 0.3) is 0 Å². The van der Waals surface area contributed by atoms with Gasteiger partial charge in [0.1, 0.15) is 5.60 Å². The fourth-order valence-electron chi connectivity index (χ4n) is 4.58. The molecule has 192 valence electrons. The third kappa shape index (κ3) is 6.95. The Morgan fingerprint density at radius 3 is 2.46 bits per heavy atom. The molecule has 1 aliphatic carbocycles. The molecule has 3 rings (SSSR count). The second kappa shape index (κ2) is 11.0. The van der Waals surface area contributed by atoms with Crippen LogP contribution in [-0.4, -0.2) is 33.7 Å². The van der Waals surface area contributed by atoms with Gasteiger partial charge in [-0.25, -0.2) is 4.79 Å². The molecular formula is C26H37N3O5S. The molecule has 0 aliphatic heterocycles. The highest BCUT2D eigenvalue weighted by Gasteiger charge is 2.31. The Hall–Kier alpha value is -2.65. The number of aromatic amines is 1. The summed E-state index contributed by atoms with van der Waals surface area (Å²) in [5, 5.41) is 18.6. The zero-order valence-corrected chi connectivity index (χ0v) is 22.2. The Morgan fingerprint density at radius 1 is 1.20 bits per heavy atom. The van der Waals surface area contributed by atoms with Gasteiger partial charge in [-0.2, -0.15) is 0 Å². The number of ether oxygens (including phenoxy) is 1. The number of aryl methyl sites for hydroxylation is 2. The molecule has 2 aromatic rings. The van der Waals surface area contributed by atoms with Crippen molar-refractivity contribution in [2.45, 2.75) is 91.5 Å². The van der Waals surface area contributed by atoms with Crippen LogP contribution in [0.3, 0.4) is 0 Å². The van der Waals surface area contributed by atoms with Crippen molar-refractivity contribution in [3.63, 3.8) is 0 Å². The van der Waals surface area contributed by atoms with E-state index < -0.39 is 17.8 Å². The van der Waals surface area contributed by atoms with Crippen molar-refractivity contribution in [3.05, 3.63) is 54.6 Å². The number of carbonyl (C=O) groups excluding carboxylic acids is 2. The van der Waals surface area contributed by atoms with Crippen molar-refractivity contribution in [1.29, 1.82) is 0 Å². The smallest absolute Gasteiger partial charge is 0.407 e. The van der Waals surface area contributed by atoms with E-state index in [-0.39, 0.29) is 30.0 Å². The van der Waals surface area contributed by atoms with Gasteiger partial charge in [0.05, 0.1) is 11.7 Å². The lowest BCUT2D eigenvalue weighted by Gasteiger charge is -2.32. The van der Waals surface area contributed by atoms with Gasteiger partial charge in [-0.3, -0.25) is 9.59 Å². The second-order valence-corrected chi connectivity index (χ2v) is 11.4. The van der Waals surface area contributed by atoms with Crippen LogP contribution >= 0.6 is 11.3 Å². The Morgan fingerprint density at radius 2 is 1.86 bits per heavy atom. The minimum absolute atomic E-state index is 0.0347. The van der Waals surface area contributed by atoms with E-state index in [1.165, 1.54) is 11.3 Å². The zero-order valence-electron chi connectivity index (χ0n) is 21.4. The summed E-state index contributed by atoms with van der Waals surface area (Å²) >= 11 is 1.39. The molecule has 0 saturated heterocycles. The highest BCUT2D eigenvalue weighted by atomic mass is 32.1. The van der Waals surface area contributed by atoms with Crippen molar-refractivity contribution < 1.29 is 19.4 Å². The topological polar surface area (TPSA) is 121 Å². The monoisotopic (exact) mass is 503 g/mol. The fraction of sp³-hybridized carbons (Fsp3) is 0.577. The lowest BCUT2D eigenvalue weighted by Crippen LogP contribution is -2.41. The van der Waals surface area contributed by atoms with Crippen molar-refractivity contribution >= 4 is 23.3 Å². The van der Waals surface area contributed by atoms with Crippen LogP contribution in [0.2, 0.25) is 0 Å². The first-order chi connectivity index (χ1) is 16.4. The quantitative estimate of drug-likeness (QED) is 0.465. The summed E-state index contributed by atoms with van der Waals surface area (Å²) in [5.74, 6) is -0.199. The van der Waals surface area contributed by atoms with E-state index in [4.69, 9.17) is 4.74 Å². The van der Waals surface area contributed by atoms with Crippen LogP contribution in [0, 0.1) is 26.7 Å². The number of carbonyl (C=O) groups is 2. The standard InChI is InChI=1S/C26H37N3O5S/c1-14-11-15(2)28-24(32)19(14)12-27-23(31)20-13-35-22(16(20)3)21(30)17-7-9-18(10-8-17)29-25(33)34-26(4,5)6/h11,13,17-18,21,30H,7-10,12H2,1-6H3,(H,27,31)(H,28,32)(H,29,33)/t17-,18-,21?. The van der Waals surface area contributed by atoms with Crippen LogP contribution in [0.15, 0.2) is 16.2 Å². The Kier molecular flexibility index (Phi) is 8.43. The number of alkyl carbamates (subject to hydrolysis) is 1. The number of hydrogen-bond donors (Lipinski definition) is 4. The molecule has 1 fully saturated rings. The van der Waals surface area contributed by atoms with Crippen LogP contribution in [0.1, 0.15) is 90.2 Å². The molecule has 2 amide bonds. The Bertz CT molecular complexity index is 1120. The van der Waals surface area contributed by atoms with E-state index in [1.54, 1.807) is 5.38 Å². The molecule has 4 N–H and O–H groups in total. The third-order valence-electron chi connectivity index (χ3n) is 6.45. The second-order valence-electron chi connectivity index (χ2n) is 10.5. The van der Waals surface area contributed by atoms with Crippen LogP contribution < -0.4 is 16.2 Å². The molecule has 1 unspecified atom stereocenters. The summed E-state index contributed by atoms with van der Waals surface area (Å²) in [5.41, 5.74) is 2.71. The summed E-state index contributed by atoms with van der Waals surface area (Å²) in [6.07, 6.45) is 2.01. The predicted octanol–water partition coefficient (Wildman–Crippen LogP) is 4.41. The number of H-pyrrole nitrogens is 1. The first kappa shape index (κ1) is 26.9. The van der Waals surface area contributed by atoms with Crippen LogP contribution in [0.4, 0.5) is 4.79 Å². The van der Waals surface area contributed by atoms with Crippen LogP contribution in [-0.2, 0) is 11.3 Å². The summed E-state index contributed by atoms with van der Waals surface area (Å²) in [6, 6.07) is 1.91. The summed E-state index contributed by atoms with van der Waals surface area (Å²) in [6.45, 7) is 11.2. The molecule has 0 aromatic carbocycles. The van der Waals surface area contributed by atoms with Gasteiger partial charge < -0.3 is 25.5 Å². The fourth-order valence-corrected chi connectivity index (χ4v) is 5.73. The molecule has 35 heavy (non-hydrogen) atoms. The van der Waals surface area contributed by atoms with E-state index >= 15 is 0 Å². The lowest BCUT2D eigenvalue weighted by molar-refractivity contribution is 0.0452. The van der Waals surface area contributed by atoms with Gasteiger partial charge in [0.25, 0.3) is 11.5 Å². The highest BCUT2D eigenvalue weighted by molar-refractivity contribution is 7.10. The van der Waals surface area contributed by atoms with E-state index in [0.717, 1.165) is 47.4 Å². The lowest BCUT2D eigenvalue weighted by atomic mass is 9.81. The SMILES string of the molecule is Cc1cc(C)c(CNC(=O)c2csc(C(O)[C@H]3CC[C@H](NC(=O)OC(C)(C)C)CC3)c2C)c(=O)[nH]1. The number of rotatable bonds is 6. The van der Waals surface area contributed by atoms with E-state index in [9.17, 15) is 19.5 Å². The van der Waals surface area contributed by atoms with Gasteiger partial charge in [-0.05, 0) is 90.3 Å². The zero-order chi connectivity index (χ0) is 25.9. The normalized spacial score (nSPS) is 19.2. The molecule has 0 bridgehead atoms. The summed E-state index contributed by atoms with van der Waals surface area (Å²) in [4.78, 5) is 40.6.